The van der Waals surface area contributed by atoms with Crippen LogP contribution in [0.5, 0.6) is 0 Å². The fourth-order valence-electron chi connectivity index (χ4n) is 3.71. The maximum atomic E-state index is 12.4. The molecule has 110 valence electrons. The number of hydrogen-bond acceptors (Lipinski definition) is 2. The molecule has 0 spiro atoms. The van der Waals surface area contributed by atoms with Crippen LogP contribution >= 0.6 is 11.8 Å². The molecule has 0 aliphatic heterocycles. The Morgan fingerprint density at radius 1 is 1.30 bits per heavy atom. The third-order valence-corrected chi connectivity index (χ3v) is 6.55. The zero-order valence-electron chi connectivity index (χ0n) is 13.1. The van der Waals surface area contributed by atoms with E-state index in [1.54, 1.807) is 0 Å². The van der Waals surface area contributed by atoms with Gasteiger partial charge >= 0.3 is 0 Å². The van der Waals surface area contributed by atoms with E-state index in [9.17, 15) is 4.79 Å². The zero-order chi connectivity index (χ0) is 14.5. The molecule has 20 heavy (non-hydrogen) atoms. The molecule has 0 N–H and O–H groups in total. The first kappa shape index (κ1) is 14.2. The minimum atomic E-state index is 0.110. The number of carbonyl (C=O) groups excluding carboxylic acids is 1. The van der Waals surface area contributed by atoms with Crippen LogP contribution in [0.1, 0.15) is 61.3 Å². The molecule has 3 heteroatoms. The number of aromatic nitrogens is 1. The van der Waals surface area contributed by atoms with Crippen molar-refractivity contribution in [3.05, 3.63) is 23.0 Å². The Hall–Kier alpha value is -0.700. The fraction of sp³-hybridized carbons (Fsp3) is 0.706. The molecule has 0 unspecified atom stereocenters. The van der Waals surface area contributed by atoms with Crippen LogP contribution in [-0.2, 0) is 13.0 Å². The average Bonchev–Trinajstić information content (AvgIpc) is 2.60. The number of carbonyl (C=O) groups is 1. The number of aryl methyl sites for hydroxylation is 1. The first-order valence-corrected chi connectivity index (χ1v) is 8.86. The summed E-state index contributed by atoms with van der Waals surface area (Å²) in [5.41, 5.74) is 3.67. The Morgan fingerprint density at radius 2 is 2.00 bits per heavy atom. The molecule has 0 atom stereocenters. The van der Waals surface area contributed by atoms with Crippen LogP contribution in [0.4, 0.5) is 0 Å². The van der Waals surface area contributed by atoms with Gasteiger partial charge in [0, 0.05) is 34.7 Å². The molecule has 3 rings (SSSR count). The lowest BCUT2D eigenvalue weighted by atomic mass is 9.76. The predicted octanol–water partition coefficient (Wildman–Crippen LogP) is 4.24. The summed E-state index contributed by atoms with van der Waals surface area (Å²) in [6.45, 7) is 7.67. The summed E-state index contributed by atoms with van der Waals surface area (Å²) in [4.78, 5) is 12.4. The van der Waals surface area contributed by atoms with E-state index in [1.807, 2.05) is 11.8 Å². The Balaban J connectivity index is 1.98. The molecule has 0 radical (unpaired) electrons. The lowest BCUT2D eigenvalue weighted by Crippen LogP contribution is -2.39. The molecule has 2 nitrogen and oxygen atoms in total. The van der Waals surface area contributed by atoms with Crippen LogP contribution in [0.3, 0.4) is 0 Å². The minimum Gasteiger partial charge on any atom is -0.347 e. The van der Waals surface area contributed by atoms with E-state index < -0.39 is 0 Å². The van der Waals surface area contributed by atoms with E-state index in [2.05, 4.69) is 37.7 Å². The van der Waals surface area contributed by atoms with Gasteiger partial charge in [0.2, 0.25) is 0 Å². The van der Waals surface area contributed by atoms with Gasteiger partial charge in [0.1, 0.15) is 0 Å². The van der Waals surface area contributed by atoms with Gasteiger partial charge in [0.15, 0.2) is 5.78 Å². The first-order chi connectivity index (χ1) is 9.36. The Labute approximate surface area is 126 Å². The minimum absolute atomic E-state index is 0.110. The van der Waals surface area contributed by atoms with Gasteiger partial charge in [-0.2, -0.15) is 11.8 Å². The van der Waals surface area contributed by atoms with Crippen molar-refractivity contribution in [3.8, 4) is 0 Å². The van der Waals surface area contributed by atoms with Crippen LogP contribution in [0.2, 0.25) is 0 Å². The van der Waals surface area contributed by atoms with Gasteiger partial charge in [-0.3, -0.25) is 4.79 Å². The maximum Gasteiger partial charge on any atom is 0.165 e. The van der Waals surface area contributed by atoms with Crippen LogP contribution in [0.25, 0.3) is 0 Å². The van der Waals surface area contributed by atoms with Crippen LogP contribution < -0.4 is 0 Å². The number of rotatable bonds is 3. The monoisotopic (exact) mass is 291 g/mol. The van der Waals surface area contributed by atoms with Crippen LogP contribution in [0.15, 0.2) is 6.07 Å². The summed E-state index contributed by atoms with van der Waals surface area (Å²) in [6, 6.07) is 2.12. The molecule has 1 fully saturated rings. The lowest BCUT2D eigenvalue weighted by Gasteiger charge is -2.42. The highest BCUT2D eigenvalue weighted by Gasteiger charge is 2.39. The lowest BCUT2D eigenvalue weighted by molar-refractivity contribution is 0.0909. The number of Topliss-reactive ketones (excluding diaryl/α,β-unsaturated/α-hetero) is 1. The van der Waals surface area contributed by atoms with Gasteiger partial charge in [0.25, 0.3) is 0 Å². The normalized spacial score (nSPS) is 23.3. The summed E-state index contributed by atoms with van der Waals surface area (Å²) in [5, 5.41) is 0. The summed E-state index contributed by atoms with van der Waals surface area (Å²) >= 11 is 2.01. The van der Waals surface area contributed by atoms with Crippen LogP contribution in [-0.4, -0.2) is 21.4 Å². The standard InChI is InChI=1S/C17H25NOS/c1-12-8-13-14(9-16(2,3)10-15(13)19)18(12)11-17(20-4)6-5-7-17/h8H,5-7,9-11H2,1-4H3. The topological polar surface area (TPSA) is 22.0 Å². The van der Waals surface area contributed by atoms with Crippen LogP contribution in [0, 0.1) is 12.3 Å². The van der Waals surface area contributed by atoms with E-state index in [-0.39, 0.29) is 5.41 Å². The van der Waals surface area contributed by atoms with Crippen molar-refractivity contribution in [1.82, 2.24) is 4.57 Å². The number of fused-ring (bicyclic) bond motifs is 1. The molecule has 1 aromatic rings. The Morgan fingerprint density at radius 3 is 2.55 bits per heavy atom. The molecular weight excluding hydrogens is 266 g/mol. The molecule has 1 saturated carbocycles. The second kappa shape index (κ2) is 4.66. The van der Waals surface area contributed by atoms with E-state index >= 15 is 0 Å². The summed E-state index contributed by atoms with van der Waals surface area (Å²) < 4.78 is 2.87. The highest BCUT2D eigenvalue weighted by atomic mass is 32.2. The molecular formula is C17H25NOS. The molecule has 0 aromatic carbocycles. The first-order valence-electron chi connectivity index (χ1n) is 7.63. The quantitative estimate of drug-likeness (QED) is 0.831. The van der Waals surface area contributed by atoms with Crippen molar-refractivity contribution >= 4 is 17.5 Å². The van der Waals surface area contributed by atoms with Gasteiger partial charge in [-0.1, -0.05) is 20.3 Å². The van der Waals surface area contributed by atoms with Crippen molar-refractivity contribution in [2.75, 3.05) is 6.26 Å². The van der Waals surface area contributed by atoms with Gasteiger partial charge in [-0.25, -0.2) is 0 Å². The Kier molecular flexibility index (Phi) is 3.32. The molecule has 1 aromatic heterocycles. The summed E-state index contributed by atoms with van der Waals surface area (Å²) in [7, 11) is 0. The highest BCUT2D eigenvalue weighted by Crippen LogP contribution is 2.45. The summed E-state index contributed by atoms with van der Waals surface area (Å²) in [6.07, 6.45) is 7.95. The molecule has 0 saturated heterocycles. The van der Waals surface area contributed by atoms with Gasteiger partial charge in [-0.15, -0.1) is 0 Å². The number of ketones is 1. The van der Waals surface area contributed by atoms with Gasteiger partial charge < -0.3 is 4.57 Å². The van der Waals surface area contributed by atoms with E-state index in [4.69, 9.17) is 0 Å². The van der Waals surface area contributed by atoms with Crippen molar-refractivity contribution < 1.29 is 4.79 Å². The van der Waals surface area contributed by atoms with Gasteiger partial charge in [0.05, 0.1) is 0 Å². The molecule has 2 aliphatic rings. The molecule has 2 aliphatic carbocycles. The summed E-state index contributed by atoms with van der Waals surface area (Å²) in [5.74, 6) is 0.338. The molecule has 0 amide bonds. The second-order valence-electron chi connectivity index (χ2n) is 7.41. The van der Waals surface area contributed by atoms with Crippen molar-refractivity contribution in [2.45, 2.75) is 64.2 Å². The SMILES string of the molecule is CSC1(Cn2c(C)cc3c2CC(C)(C)CC3=O)CCC1. The van der Waals surface area contributed by atoms with E-state index in [1.165, 1.54) is 30.7 Å². The zero-order valence-corrected chi connectivity index (χ0v) is 13.9. The number of nitrogens with zero attached hydrogens (tertiary/aromatic N) is 1. The van der Waals surface area contributed by atoms with Crippen molar-refractivity contribution in [1.29, 1.82) is 0 Å². The predicted molar refractivity (Wildman–Crippen MR) is 85.7 cm³/mol. The highest BCUT2D eigenvalue weighted by molar-refractivity contribution is 8.00. The molecule has 0 bridgehead atoms. The Bertz CT molecular complexity index is 546. The average molecular weight is 291 g/mol. The second-order valence-corrected chi connectivity index (χ2v) is 8.69. The third kappa shape index (κ3) is 2.24. The van der Waals surface area contributed by atoms with Crippen molar-refractivity contribution in [3.63, 3.8) is 0 Å². The molecule has 1 heterocycles. The largest absolute Gasteiger partial charge is 0.347 e. The number of thioether (sulfide) groups is 1. The van der Waals surface area contributed by atoms with Gasteiger partial charge in [-0.05, 0) is 43.9 Å². The fourth-order valence-corrected chi connectivity index (χ4v) is 4.67. The van der Waals surface area contributed by atoms with Crippen molar-refractivity contribution in [2.24, 2.45) is 5.41 Å². The van der Waals surface area contributed by atoms with E-state index in [0.717, 1.165) is 18.5 Å². The van der Waals surface area contributed by atoms with E-state index in [0.29, 0.717) is 17.0 Å². The maximum absolute atomic E-state index is 12.4. The smallest absolute Gasteiger partial charge is 0.165 e. The third-order valence-electron chi connectivity index (χ3n) is 5.15. The number of hydrogen-bond donors (Lipinski definition) is 0.